The van der Waals surface area contributed by atoms with Crippen LogP contribution in [0.3, 0.4) is 0 Å². The zero-order valence-corrected chi connectivity index (χ0v) is 13.5. The predicted octanol–water partition coefficient (Wildman–Crippen LogP) is 2.69. The van der Waals surface area contributed by atoms with Gasteiger partial charge in [0.25, 0.3) is 0 Å². The molecule has 0 saturated heterocycles. The van der Waals surface area contributed by atoms with Gasteiger partial charge in [-0.05, 0) is 19.1 Å². The van der Waals surface area contributed by atoms with Crippen molar-refractivity contribution < 1.29 is 23.5 Å². The lowest BCUT2D eigenvalue weighted by molar-refractivity contribution is -0.111. The number of amides is 1. The van der Waals surface area contributed by atoms with Crippen molar-refractivity contribution in [1.82, 2.24) is 4.98 Å². The van der Waals surface area contributed by atoms with E-state index in [1.165, 1.54) is 32.3 Å². The first-order valence-corrected chi connectivity index (χ1v) is 7.43. The number of ether oxygens (including phenoxy) is 1. The lowest BCUT2D eigenvalue weighted by Crippen LogP contribution is -2.07. The number of methoxy groups -OCH3 is 1. The molecule has 23 heavy (non-hydrogen) atoms. The number of aryl methyl sites for hydroxylation is 1. The third-order valence-corrected chi connectivity index (χ3v) is 3.59. The van der Waals surface area contributed by atoms with Crippen LogP contribution in [0.25, 0.3) is 6.08 Å². The number of furan rings is 1. The van der Waals surface area contributed by atoms with Crippen LogP contribution in [0.1, 0.15) is 39.3 Å². The van der Waals surface area contributed by atoms with Crippen molar-refractivity contribution in [2.45, 2.75) is 13.8 Å². The van der Waals surface area contributed by atoms with Crippen LogP contribution in [0, 0.1) is 6.92 Å². The van der Waals surface area contributed by atoms with Gasteiger partial charge in [-0.25, -0.2) is 9.78 Å². The van der Waals surface area contributed by atoms with Gasteiger partial charge < -0.3 is 9.15 Å². The summed E-state index contributed by atoms with van der Waals surface area (Å²) in [5, 5.41) is 4.44. The van der Waals surface area contributed by atoms with E-state index in [1.807, 2.05) is 0 Å². The number of esters is 1. The summed E-state index contributed by atoms with van der Waals surface area (Å²) >= 11 is 1.16. The highest BCUT2D eigenvalue weighted by Gasteiger charge is 2.14. The predicted molar refractivity (Wildman–Crippen MR) is 84.6 cm³/mol. The number of Topliss-reactive ketones (excluding diaryl/α,β-unsaturated/α-hetero) is 1. The monoisotopic (exact) mass is 334 g/mol. The van der Waals surface area contributed by atoms with Gasteiger partial charge in [-0.3, -0.25) is 14.9 Å². The van der Waals surface area contributed by atoms with Crippen molar-refractivity contribution in [3.05, 3.63) is 40.3 Å². The molecular weight excluding hydrogens is 320 g/mol. The smallest absolute Gasteiger partial charge is 0.341 e. The number of anilines is 1. The van der Waals surface area contributed by atoms with Gasteiger partial charge in [0, 0.05) is 18.4 Å². The molecule has 2 aromatic rings. The van der Waals surface area contributed by atoms with E-state index in [1.54, 1.807) is 12.3 Å². The second kappa shape index (κ2) is 7.01. The number of nitrogens with zero attached hydrogens (tertiary/aromatic N) is 1. The molecule has 1 amide bonds. The summed E-state index contributed by atoms with van der Waals surface area (Å²) in [7, 11) is 1.28. The molecule has 0 unspecified atom stereocenters. The Hall–Kier alpha value is -2.74. The second-order valence-corrected chi connectivity index (χ2v) is 5.38. The standard InChI is InChI=1S/C15H14N2O5S/c1-8(18)12-7-23-15(16-12)17-13(19)5-4-10-6-11(9(2)22-10)14(20)21-3/h4-7H,1-3H3,(H,16,17,19)/b5-4+. The first kappa shape index (κ1) is 16.6. The van der Waals surface area contributed by atoms with Gasteiger partial charge in [0.1, 0.15) is 22.8 Å². The lowest BCUT2D eigenvalue weighted by atomic mass is 10.2. The molecule has 1 N–H and O–H groups in total. The average Bonchev–Trinajstić information content (AvgIpc) is 3.11. The van der Waals surface area contributed by atoms with Crippen molar-refractivity contribution in [1.29, 1.82) is 0 Å². The third-order valence-electron chi connectivity index (χ3n) is 2.84. The zero-order chi connectivity index (χ0) is 17.0. The van der Waals surface area contributed by atoms with Crippen LogP contribution in [-0.2, 0) is 9.53 Å². The van der Waals surface area contributed by atoms with Gasteiger partial charge >= 0.3 is 5.97 Å². The molecule has 8 heteroatoms. The minimum absolute atomic E-state index is 0.168. The minimum atomic E-state index is -0.505. The van der Waals surface area contributed by atoms with Crippen LogP contribution in [0.2, 0.25) is 0 Å². The summed E-state index contributed by atoms with van der Waals surface area (Å²) in [6, 6.07) is 1.49. The fourth-order valence-electron chi connectivity index (χ4n) is 1.70. The van der Waals surface area contributed by atoms with Crippen LogP contribution in [0.15, 0.2) is 21.9 Å². The Morgan fingerprint density at radius 1 is 1.39 bits per heavy atom. The quantitative estimate of drug-likeness (QED) is 0.513. The molecule has 0 aromatic carbocycles. The van der Waals surface area contributed by atoms with Crippen molar-refractivity contribution in [2.75, 3.05) is 12.4 Å². The first-order chi connectivity index (χ1) is 10.9. The van der Waals surface area contributed by atoms with Crippen molar-refractivity contribution >= 4 is 40.2 Å². The van der Waals surface area contributed by atoms with E-state index in [9.17, 15) is 14.4 Å². The molecule has 0 aliphatic heterocycles. The van der Waals surface area contributed by atoms with Crippen LogP contribution < -0.4 is 5.32 Å². The van der Waals surface area contributed by atoms with E-state index < -0.39 is 11.9 Å². The number of thiazole rings is 1. The van der Waals surface area contributed by atoms with E-state index >= 15 is 0 Å². The molecule has 2 aromatic heterocycles. The summed E-state index contributed by atoms with van der Waals surface area (Å²) in [5.74, 6) is -0.346. The molecule has 0 aliphatic rings. The normalized spacial score (nSPS) is 10.7. The number of carbonyl (C=O) groups is 3. The first-order valence-electron chi connectivity index (χ1n) is 6.55. The molecule has 2 rings (SSSR count). The molecule has 0 radical (unpaired) electrons. The molecule has 0 saturated carbocycles. The van der Waals surface area contributed by atoms with Gasteiger partial charge in [-0.1, -0.05) is 0 Å². The summed E-state index contributed by atoms with van der Waals surface area (Å²) < 4.78 is 9.97. The minimum Gasteiger partial charge on any atom is -0.465 e. The zero-order valence-electron chi connectivity index (χ0n) is 12.7. The maximum Gasteiger partial charge on any atom is 0.341 e. The number of ketones is 1. The highest BCUT2D eigenvalue weighted by Crippen LogP contribution is 2.18. The van der Waals surface area contributed by atoms with Crippen molar-refractivity contribution in [3.8, 4) is 0 Å². The number of hydrogen-bond donors (Lipinski definition) is 1. The van der Waals surface area contributed by atoms with E-state index in [0.29, 0.717) is 27.9 Å². The van der Waals surface area contributed by atoms with Gasteiger partial charge in [0.15, 0.2) is 10.9 Å². The van der Waals surface area contributed by atoms with Gasteiger partial charge in [-0.15, -0.1) is 11.3 Å². The molecule has 0 fully saturated rings. The third kappa shape index (κ3) is 4.13. The summed E-state index contributed by atoms with van der Waals surface area (Å²) in [6.45, 7) is 3.03. The van der Waals surface area contributed by atoms with E-state index in [4.69, 9.17) is 4.42 Å². The Balaban J connectivity index is 2.03. The fourth-order valence-corrected chi connectivity index (χ4v) is 2.45. The second-order valence-electron chi connectivity index (χ2n) is 4.53. The molecular formula is C15H14N2O5S. The molecule has 0 atom stereocenters. The lowest BCUT2D eigenvalue weighted by Gasteiger charge is -1.94. The Morgan fingerprint density at radius 3 is 2.74 bits per heavy atom. The molecule has 0 bridgehead atoms. The average molecular weight is 334 g/mol. The van der Waals surface area contributed by atoms with Gasteiger partial charge in [-0.2, -0.15) is 0 Å². The maximum atomic E-state index is 11.8. The number of carbonyl (C=O) groups excluding carboxylic acids is 3. The number of hydrogen-bond acceptors (Lipinski definition) is 7. The molecule has 0 aliphatic carbocycles. The number of rotatable bonds is 5. The summed E-state index contributed by atoms with van der Waals surface area (Å²) in [6.07, 6.45) is 2.67. The number of aromatic nitrogens is 1. The Morgan fingerprint density at radius 2 is 2.13 bits per heavy atom. The van der Waals surface area contributed by atoms with Crippen LogP contribution in [0.4, 0.5) is 5.13 Å². The summed E-state index contributed by atoms with van der Waals surface area (Å²) in [5.41, 5.74) is 0.609. The van der Waals surface area contributed by atoms with E-state index in [-0.39, 0.29) is 5.78 Å². The molecule has 0 spiro atoms. The van der Waals surface area contributed by atoms with E-state index in [0.717, 1.165) is 11.3 Å². The molecule has 7 nitrogen and oxygen atoms in total. The van der Waals surface area contributed by atoms with Crippen molar-refractivity contribution in [3.63, 3.8) is 0 Å². The molecule has 2 heterocycles. The fraction of sp³-hybridized carbons (Fsp3) is 0.200. The van der Waals surface area contributed by atoms with Gasteiger partial charge in [0.2, 0.25) is 5.91 Å². The Bertz CT molecular complexity index is 788. The van der Waals surface area contributed by atoms with E-state index in [2.05, 4.69) is 15.0 Å². The van der Waals surface area contributed by atoms with Crippen LogP contribution in [-0.4, -0.2) is 29.8 Å². The highest BCUT2D eigenvalue weighted by atomic mass is 32.1. The van der Waals surface area contributed by atoms with Gasteiger partial charge in [0.05, 0.1) is 7.11 Å². The number of nitrogens with one attached hydrogen (secondary N) is 1. The largest absolute Gasteiger partial charge is 0.465 e. The van der Waals surface area contributed by atoms with Crippen molar-refractivity contribution in [2.24, 2.45) is 0 Å². The van der Waals surface area contributed by atoms with Crippen LogP contribution >= 0.6 is 11.3 Å². The highest BCUT2D eigenvalue weighted by molar-refractivity contribution is 7.14. The SMILES string of the molecule is COC(=O)c1cc(/C=C/C(=O)Nc2nc(C(C)=O)cs2)oc1C. The Labute approximate surface area is 136 Å². The van der Waals surface area contributed by atoms with Crippen LogP contribution in [0.5, 0.6) is 0 Å². The topological polar surface area (TPSA) is 98.5 Å². The maximum absolute atomic E-state index is 11.8. The summed E-state index contributed by atoms with van der Waals surface area (Å²) in [4.78, 5) is 38.4. The molecule has 120 valence electrons. The Kier molecular flexibility index (Phi) is 5.07.